The van der Waals surface area contributed by atoms with Gasteiger partial charge in [-0.15, -0.1) is 0 Å². The third-order valence-corrected chi connectivity index (χ3v) is 15.2. The first kappa shape index (κ1) is 79.1. The molecule has 0 aliphatic rings. The molecule has 0 rings (SSSR count). The van der Waals surface area contributed by atoms with Crippen molar-refractivity contribution in [3.8, 4) is 0 Å². The minimum absolute atomic E-state index is 0.0925. The van der Waals surface area contributed by atoms with E-state index in [9.17, 15) is 14.4 Å². The fourth-order valence-electron chi connectivity index (χ4n) is 9.94. The molecule has 6 nitrogen and oxygen atoms in total. The van der Waals surface area contributed by atoms with Crippen LogP contribution in [-0.4, -0.2) is 37.2 Å². The van der Waals surface area contributed by atoms with Gasteiger partial charge < -0.3 is 14.2 Å². The van der Waals surface area contributed by atoms with Gasteiger partial charge in [-0.2, -0.15) is 0 Å². The highest BCUT2D eigenvalue weighted by molar-refractivity contribution is 5.71. The normalized spacial score (nSPS) is 12.8. The lowest BCUT2D eigenvalue weighted by Gasteiger charge is -2.18. The molecule has 1 unspecified atom stereocenters. The quantitative estimate of drug-likeness (QED) is 0.0261. The fraction of sp³-hybridized carbons (Fsp3) is 0.727. The van der Waals surface area contributed by atoms with Crippen molar-refractivity contribution < 1.29 is 28.6 Å². The molecule has 0 aromatic carbocycles. The number of rotatable bonds is 64. The van der Waals surface area contributed by atoms with E-state index in [2.05, 4.69) is 130 Å². The summed E-state index contributed by atoms with van der Waals surface area (Å²) in [4.78, 5) is 38.5. The van der Waals surface area contributed by atoms with Gasteiger partial charge in [0.15, 0.2) is 6.10 Å². The molecule has 0 aromatic rings. The highest BCUT2D eigenvalue weighted by Crippen LogP contribution is 2.17. The molecule has 0 fully saturated rings. The summed E-state index contributed by atoms with van der Waals surface area (Å²) < 4.78 is 17.0. The molecule has 0 heterocycles. The van der Waals surface area contributed by atoms with E-state index in [0.717, 1.165) is 109 Å². The van der Waals surface area contributed by atoms with Crippen molar-refractivity contribution in [1.29, 1.82) is 0 Å². The average Bonchev–Trinajstić information content (AvgIpc) is 3.50. The smallest absolute Gasteiger partial charge is 0.306 e. The second kappa shape index (κ2) is 70.6. The molecule has 6 heteroatoms. The molecule has 1 atom stereocenters. The van der Waals surface area contributed by atoms with E-state index in [4.69, 9.17) is 14.2 Å². The number of hydrogen-bond acceptors (Lipinski definition) is 6. The average molecular weight is 1150 g/mol. The van der Waals surface area contributed by atoms with Crippen LogP contribution < -0.4 is 0 Å². The predicted octanol–water partition coefficient (Wildman–Crippen LogP) is 24.6. The summed E-state index contributed by atoms with van der Waals surface area (Å²) in [5.74, 6) is -0.916. The molecular weight excluding hydrogens is 1020 g/mol. The molecule has 0 radical (unpaired) electrons. The maximum Gasteiger partial charge on any atom is 0.306 e. The zero-order valence-corrected chi connectivity index (χ0v) is 54.7. The molecule has 0 aliphatic carbocycles. The minimum atomic E-state index is -0.801. The second-order valence-corrected chi connectivity index (χ2v) is 23.4. The molecule has 0 amide bonds. The lowest BCUT2D eigenvalue weighted by Crippen LogP contribution is -2.30. The number of esters is 3. The molecule has 0 bridgehead atoms. The Morgan fingerprint density at radius 3 is 0.759 bits per heavy atom. The van der Waals surface area contributed by atoms with Gasteiger partial charge in [0.05, 0.1) is 0 Å². The summed E-state index contributed by atoms with van der Waals surface area (Å²) in [6.45, 7) is 6.52. The Labute approximate surface area is 514 Å². The monoisotopic (exact) mass is 1150 g/mol. The maximum atomic E-state index is 12.9. The van der Waals surface area contributed by atoms with Crippen molar-refractivity contribution in [2.75, 3.05) is 13.2 Å². The van der Waals surface area contributed by atoms with Crippen LogP contribution in [0.25, 0.3) is 0 Å². The number of hydrogen-bond donors (Lipinski definition) is 0. The van der Waals surface area contributed by atoms with Gasteiger partial charge in [-0.05, 0) is 128 Å². The number of ether oxygens (including phenoxy) is 3. The highest BCUT2D eigenvalue weighted by Gasteiger charge is 2.19. The van der Waals surface area contributed by atoms with Gasteiger partial charge in [0.2, 0.25) is 0 Å². The largest absolute Gasteiger partial charge is 0.462 e. The van der Waals surface area contributed by atoms with Gasteiger partial charge in [0.25, 0.3) is 0 Å². The highest BCUT2D eigenvalue weighted by atomic mass is 16.6. The Morgan fingerprint density at radius 1 is 0.253 bits per heavy atom. The molecule has 0 spiro atoms. The van der Waals surface area contributed by atoms with Crippen molar-refractivity contribution in [3.63, 3.8) is 0 Å². The van der Waals surface area contributed by atoms with Crippen LogP contribution >= 0.6 is 0 Å². The predicted molar refractivity (Wildman–Crippen MR) is 362 cm³/mol. The van der Waals surface area contributed by atoms with Crippen LogP contribution in [0.4, 0.5) is 0 Å². The first-order valence-electron chi connectivity index (χ1n) is 35.4. The van der Waals surface area contributed by atoms with Crippen LogP contribution in [0.2, 0.25) is 0 Å². The van der Waals surface area contributed by atoms with Crippen molar-refractivity contribution in [2.24, 2.45) is 0 Å². The summed E-state index contributed by atoms with van der Waals surface area (Å²) in [5.41, 5.74) is 0. The van der Waals surface area contributed by atoms with Crippen LogP contribution in [0.3, 0.4) is 0 Å². The maximum absolute atomic E-state index is 12.9. The van der Waals surface area contributed by atoms with Gasteiger partial charge in [0.1, 0.15) is 13.2 Å². The van der Waals surface area contributed by atoms with E-state index in [1.807, 2.05) is 0 Å². The van der Waals surface area contributed by atoms with Gasteiger partial charge >= 0.3 is 17.9 Å². The molecular formula is C77H132O6. The molecule has 476 valence electrons. The third kappa shape index (κ3) is 68.7. The number of unbranched alkanes of at least 4 members (excludes halogenated alkanes) is 35. The van der Waals surface area contributed by atoms with Gasteiger partial charge in [-0.1, -0.05) is 304 Å². The van der Waals surface area contributed by atoms with E-state index in [1.54, 1.807) is 0 Å². The zero-order valence-electron chi connectivity index (χ0n) is 54.7. The first-order valence-corrected chi connectivity index (χ1v) is 35.4. The summed E-state index contributed by atoms with van der Waals surface area (Å²) in [7, 11) is 0. The van der Waals surface area contributed by atoms with Crippen molar-refractivity contribution in [3.05, 3.63) is 109 Å². The third-order valence-electron chi connectivity index (χ3n) is 15.2. The van der Waals surface area contributed by atoms with E-state index in [-0.39, 0.29) is 37.5 Å². The Balaban J connectivity index is 4.39. The standard InChI is InChI=1S/C77H132O6/c1-4-7-10-13-16-19-22-25-28-31-34-35-36-37-38-39-40-41-44-46-49-52-55-58-61-64-67-70-76(79)82-73-74(83-77(80)71-68-65-62-59-56-53-50-47-43-33-30-27-24-21-18-15-12-9-6-3)72-81-75(78)69-66-63-60-57-54-51-48-45-42-32-29-26-23-20-17-14-11-8-5-2/h9,12,18,21-22,25-27,29-31,34,36-37,43,47,53,56,74H,4-8,10-11,13-17,19-20,23-24,28,32-33,35,38-42,44-46,48-52,54-55,57-73H2,1-3H3/b12-9-,21-18-,25-22-,29-26-,30-27-,34-31-,37-36-,47-43-,56-53-. The SMILES string of the molecule is CC/C=C\C/C=C\C/C=C\C/C=C\C/C=C\CCCCCC(=O)OC(COC(=O)CCCCCCCCCCC/C=C\CCCCCCCC)COC(=O)CCCCCCCCCCCCCC/C=C\C/C=C\C/C=C\CCCCCCC. The van der Waals surface area contributed by atoms with Gasteiger partial charge in [-0.25, -0.2) is 0 Å². The summed E-state index contributed by atoms with van der Waals surface area (Å²) in [6.07, 6.45) is 96.8. The number of carbonyl (C=O) groups is 3. The number of allylic oxidation sites excluding steroid dienone is 18. The van der Waals surface area contributed by atoms with Crippen LogP contribution in [0.5, 0.6) is 0 Å². The Kier molecular flexibility index (Phi) is 67.2. The minimum Gasteiger partial charge on any atom is -0.462 e. The topological polar surface area (TPSA) is 78.9 Å². The second-order valence-electron chi connectivity index (χ2n) is 23.4. The van der Waals surface area contributed by atoms with Crippen LogP contribution in [-0.2, 0) is 28.6 Å². The molecule has 0 aliphatic heterocycles. The molecule has 83 heavy (non-hydrogen) atoms. The molecule has 0 aromatic heterocycles. The van der Waals surface area contributed by atoms with E-state index in [0.29, 0.717) is 12.8 Å². The lowest BCUT2D eigenvalue weighted by atomic mass is 10.0. The molecule has 0 N–H and O–H groups in total. The Morgan fingerprint density at radius 2 is 0.470 bits per heavy atom. The Bertz CT molecular complexity index is 1660. The van der Waals surface area contributed by atoms with Crippen molar-refractivity contribution in [2.45, 2.75) is 348 Å². The number of carbonyl (C=O) groups excluding carboxylic acids is 3. The molecule has 0 saturated carbocycles. The van der Waals surface area contributed by atoms with Crippen LogP contribution in [0.1, 0.15) is 342 Å². The summed E-state index contributed by atoms with van der Waals surface area (Å²) in [5, 5.41) is 0. The lowest BCUT2D eigenvalue weighted by molar-refractivity contribution is -0.167. The van der Waals surface area contributed by atoms with Crippen molar-refractivity contribution in [1.82, 2.24) is 0 Å². The van der Waals surface area contributed by atoms with Gasteiger partial charge in [0, 0.05) is 19.3 Å². The summed E-state index contributed by atoms with van der Waals surface area (Å²) in [6, 6.07) is 0. The fourth-order valence-corrected chi connectivity index (χ4v) is 9.94. The molecule has 0 saturated heterocycles. The van der Waals surface area contributed by atoms with E-state index in [1.165, 1.54) is 193 Å². The van der Waals surface area contributed by atoms with Crippen LogP contribution in [0, 0.1) is 0 Å². The van der Waals surface area contributed by atoms with Crippen LogP contribution in [0.15, 0.2) is 109 Å². The zero-order chi connectivity index (χ0) is 59.9. The Hall–Kier alpha value is -3.93. The van der Waals surface area contributed by atoms with E-state index >= 15 is 0 Å². The summed E-state index contributed by atoms with van der Waals surface area (Å²) >= 11 is 0. The first-order chi connectivity index (χ1) is 41.0. The van der Waals surface area contributed by atoms with Crippen molar-refractivity contribution >= 4 is 17.9 Å². The van der Waals surface area contributed by atoms with E-state index < -0.39 is 6.10 Å². The van der Waals surface area contributed by atoms with Gasteiger partial charge in [-0.3, -0.25) is 14.4 Å².